The molecule has 0 radical (unpaired) electrons. The Balaban J connectivity index is 1.97. The van der Waals surface area contributed by atoms with Crippen molar-refractivity contribution in [2.75, 3.05) is 0 Å². The van der Waals surface area contributed by atoms with E-state index in [-0.39, 0.29) is 23.0 Å². The van der Waals surface area contributed by atoms with Crippen molar-refractivity contribution in [2.45, 2.75) is 32.2 Å². The Morgan fingerprint density at radius 1 is 1.10 bits per heavy atom. The molecule has 4 aromatic rings. The van der Waals surface area contributed by atoms with Gasteiger partial charge < -0.3 is 8.98 Å². The SMILES string of the molecule is Cc1ccc(C2CCCn3c(-c4cccc(F)c4)c4c(=O)n(C)c(=O)n(C)c4c32)o1. The number of hydrogen-bond donors (Lipinski definition) is 0. The first kappa shape index (κ1) is 18.7. The zero-order chi connectivity index (χ0) is 21.2. The summed E-state index contributed by atoms with van der Waals surface area (Å²) in [6.45, 7) is 2.58. The molecule has 1 aliphatic heterocycles. The van der Waals surface area contributed by atoms with Gasteiger partial charge in [-0.2, -0.15) is 0 Å². The van der Waals surface area contributed by atoms with E-state index in [1.807, 2.05) is 19.1 Å². The number of fused-ring (bicyclic) bond motifs is 3. The highest BCUT2D eigenvalue weighted by Gasteiger charge is 2.33. The van der Waals surface area contributed by atoms with Crippen LogP contribution in [0.2, 0.25) is 0 Å². The molecule has 0 aliphatic carbocycles. The van der Waals surface area contributed by atoms with Crippen molar-refractivity contribution in [3.63, 3.8) is 0 Å². The van der Waals surface area contributed by atoms with E-state index in [1.165, 1.54) is 23.7 Å². The molecule has 3 aromatic heterocycles. The van der Waals surface area contributed by atoms with E-state index in [0.717, 1.165) is 34.6 Å². The summed E-state index contributed by atoms with van der Waals surface area (Å²) in [6.07, 6.45) is 1.73. The minimum absolute atomic E-state index is 0.0880. The molecule has 0 spiro atoms. The summed E-state index contributed by atoms with van der Waals surface area (Å²) in [5.41, 5.74) is 2.00. The topological polar surface area (TPSA) is 62.1 Å². The van der Waals surface area contributed by atoms with Gasteiger partial charge in [-0.3, -0.25) is 13.9 Å². The molecule has 1 atom stereocenters. The second-order valence-corrected chi connectivity index (χ2v) is 7.97. The van der Waals surface area contributed by atoms with Gasteiger partial charge in [-0.1, -0.05) is 12.1 Å². The number of halogens is 1. The lowest BCUT2D eigenvalue weighted by atomic mass is 9.93. The van der Waals surface area contributed by atoms with Crippen molar-refractivity contribution < 1.29 is 8.81 Å². The Hall–Kier alpha value is -3.35. The molecule has 0 bridgehead atoms. The van der Waals surface area contributed by atoms with Crippen molar-refractivity contribution in [1.29, 1.82) is 0 Å². The Bertz CT molecular complexity index is 1420. The maximum absolute atomic E-state index is 14.1. The van der Waals surface area contributed by atoms with Crippen LogP contribution in [-0.4, -0.2) is 13.7 Å². The molecule has 0 saturated heterocycles. The molecule has 6 nitrogen and oxygen atoms in total. The quantitative estimate of drug-likeness (QED) is 0.509. The predicted octanol–water partition coefficient (Wildman–Crippen LogP) is 3.67. The Morgan fingerprint density at radius 3 is 2.60 bits per heavy atom. The fraction of sp³-hybridized carbons (Fsp3) is 0.304. The highest BCUT2D eigenvalue weighted by atomic mass is 19.1. The highest BCUT2D eigenvalue weighted by Crippen LogP contribution is 2.43. The number of rotatable bonds is 2. The third-order valence-corrected chi connectivity index (χ3v) is 6.11. The van der Waals surface area contributed by atoms with Crippen molar-refractivity contribution in [1.82, 2.24) is 13.7 Å². The summed E-state index contributed by atoms with van der Waals surface area (Å²) in [5, 5.41) is 0.440. The fourth-order valence-electron chi connectivity index (χ4n) is 4.77. The molecule has 0 fully saturated rings. The molecule has 30 heavy (non-hydrogen) atoms. The Morgan fingerprint density at radius 2 is 1.90 bits per heavy atom. The molecular weight excluding hydrogens is 385 g/mol. The Kier molecular flexibility index (Phi) is 4.10. The first-order valence-corrected chi connectivity index (χ1v) is 10.0. The summed E-state index contributed by atoms with van der Waals surface area (Å²) in [4.78, 5) is 26.0. The van der Waals surface area contributed by atoms with Crippen LogP contribution in [0.25, 0.3) is 22.2 Å². The normalized spacial score (nSPS) is 16.2. The van der Waals surface area contributed by atoms with Crippen LogP contribution in [0.1, 0.15) is 36.0 Å². The van der Waals surface area contributed by atoms with E-state index in [0.29, 0.717) is 28.7 Å². The Labute approximate surface area is 171 Å². The first-order chi connectivity index (χ1) is 14.4. The van der Waals surface area contributed by atoms with Gasteiger partial charge in [0.25, 0.3) is 5.56 Å². The highest BCUT2D eigenvalue weighted by molar-refractivity contribution is 5.96. The van der Waals surface area contributed by atoms with Crippen LogP contribution in [-0.2, 0) is 20.6 Å². The predicted molar refractivity (Wildman–Crippen MR) is 112 cm³/mol. The van der Waals surface area contributed by atoms with Gasteiger partial charge in [0.15, 0.2) is 0 Å². The van der Waals surface area contributed by atoms with E-state index in [4.69, 9.17) is 4.42 Å². The average molecular weight is 407 g/mol. The maximum Gasteiger partial charge on any atom is 0.331 e. The number of furan rings is 1. The molecule has 1 aliphatic rings. The summed E-state index contributed by atoms with van der Waals surface area (Å²) in [7, 11) is 3.16. The number of benzene rings is 1. The van der Waals surface area contributed by atoms with Gasteiger partial charge in [-0.25, -0.2) is 9.18 Å². The van der Waals surface area contributed by atoms with Gasteiger partial charge in [0.2, 0.25) is 0 Å². The van der Waals surface area contributed by atoms with E-state index in [1.54, 1.807) is 19.2 Å². The van der Waals surface area contributed by atoms with Crippen LogP contribution in [0, 0.1) is 12.7 Å². The molecule has 1 unspecified atom stereocenters. The van der Waals surface area contributed by atoms with E-state index < -0.39 is 0 Å². The minimum atomic E-state index is -0.383. The summed E-state index contributed by atoms with van der Waals surface area (Å²) >= 11 is 0. The molecule has 0 amide bonds. The van der Waals surface area contributed by atoms with E-state index >= 15 is 0 Å². The second kappa shape index (κ2) is 6.58. The molecule has 7 heteroatoms. The first-order valence-electron chi connectivity index (χ1n) is 10.0. The van der Waals surface area contributed by atoms with Gasteiger partial charge in [-0.05, 0) is 44.0 Å². The van der Waals surface area contributed by atoms with Crippen molar-refractivity contribution in [3.05, 3.63) is 80.3 Å². The zero-order valence-electron chi connectivity index (χ0n) is 17.1. The number of aromatic nitrogens is 3. The third kappa shape index (κ3) is 2.54. The van der Waals surface area contributed by atoms with E-state index in [2.05, 4.69) is 4.57 Å². The van der Waals surface area contributed by atoms with Gasteiger partial charge in [0, 0.05) is 26.2 Å². The van der Waals surface area contributed by atoms with Crippen molar-refractivity contribution in [3.8, 4) is 11.3 Å². The van der Waals surface area contributed by atoms with Gasteiger partial charge in [0.1, 0.15) is 17.3 Å². The molecule has 4 heterocycles. The molecule has 5 rings (SSSR count). The van der Waals surface area contributed by atoms with Gasteiger partial charge in [-0.15, -0.1) is 0 Å². The average Bonchev–Trinajstić information content (AvgIpc) is 3.32. The van der Waals surface area contributed by atoms with Crippen molar-refractivity contribution in [2.24, 2.45) is 14.1 Å². The smallest absolute Gasteiger partial charge is 0.331 e. The van der Waals surface area contributed by atoms with Crippen LogP contribution >= 0.6 is 0 Å². The summed E-state index contributed by atoms with van der Waals surface area (Å²) < 4.78 is 24.8. The van der Waals surface area contributed by atoms with Crippen LogP contribution < -0.4 is 11.2 Å². The lowest BCUT2D eigenvalue weighted by Gasteiger charge is -2.25. The van der Waals surface area contributed by atoms with Crippen LogP contribution in [0.15, 0.2) is 50.4 Å². The maximum atomic E-state index is 14.1. The van der Waals surface area contributed by atoms with Crippen LogP contribution in [0.3, 0.4) is 0 Å². The van der Waals surface area contributed by atoms with Gasteiger partial charge >= 0.3 is 5.69 Å². The monoisotopic (exact) mass is 407 g/mol. The fourth-order valence-corrected chi connectivity index (χ4v) is 4.77. The number of hydrogen-bond acceptors (Lipinski definition) is 3. The molecule has 0 N–H and O–H groups in total. The number of aryl methyl sites for hydroxylation is 2. The summed E-state index contributed by atoms with van der Waals surface area (Å²) in [5.74, 6) is 1.17. The van der Waals surface area contributed by atoms with Crippen LogP contribution in [0.5, 0.6) is 0 Å². The van der Waals surface area contributed by atoms with Crippen molar-refractivity contribution >= 4 is 10.9 Å². The standard InChI is InChI=1S/C23H22FN3O3/c1-13-9-10-17(30-13)16-8-5-11-27-19(14-6-4-7-15(24)12-14)18-21(20(16)27)25(2)23(29)26(3)22(18)28/h4,6-7,9-10,12,16H,5,8,11H2,1-3H3. The molecule has 154 valence electrons. The van der Waals surface area contributed by atoms with Gasteiger partial charge in [0.05, 0.1) is 28.2 Å². The molecule has 1 aromatic carbocycles. The zero-order valence-corrected chi connectivity index (χ0v) is 17.1. The third-order valence-electron chi connectivity index (χ3n) is 6.11. The number of nitrogens with zero attached hydrogens (tertiary/aromatic N) is 3. The van der Waals surface area contributed by atoms with E-state index in [9.17, 15) is 14.0 Å². The second-order valence-electron chi connectivity index (χ2n) is 7.97. The molecule has 0 saturated carbocycles. The lowest BCUT2D eigenvalue weighted by Crippen LogP contribution is -2.37. The lowest BCUT2D eigenvalue weighted by molar-refractivity contribution is 0.409. The minimum Gasteiger partial charge on any atom is -0.466 e. The largest absolute Gasteiger partial charge is 0.466 e. The summed E-state index contributed by atoms with van der Waals surface area (Å²) in [6, 6.07) is 10.1. The van der Waals surface area contributed by atoms with Crippen LogP contribution in [0.4, 0.5) is 4.39 Å². The molecular formula is C23H22FN3O3.